The average Bonchev–Trinajstić information content (AvgIpc) is 3.22. The van der Waals surface area contributed by atoms with Gasteiger partial charge in [-0.3, -0.25) is 9.59 Å². The summed E-state index contributed by atoms with van der Waals surface area (Å²) in [6, 6.07) is 7.82. The highest BCUT2D eigenvalue weighted by molar-refractivity contribution is 5.99. The Bertz CT molecular complexity index is 797. The molecular weight excluding hydrogens is 372 g/mol. The number of amides is 2. The molecular formula is C26H36N2O2. The molecule has 4 nitrogen and oxygen atoms in total. The van der Waals surface area contributed by atoms with Gasteiger partial charge in [-0.1, -0.05) is 32.0 Å². The molecule has 1 N–H and O–H groups in total. The number of likely N-dealkylation sites (tertiary alicyclic amines) is 1. The fourth-order valence-corrected chi connectivity index (χ4v) is 7.44. The Labute approximate surface area is 180 Å². The fourth-order valence-electron chi connectivity index (χ4n) is 7.44. The zero-order chi connectivity index (χ0) is 20.9. The third-order valence-electron chi connectivity index (χ3n) is 8.67. The van der Waals surface area contributed by atoms with E-state index in [0.717, 1.165) is 68.5 Å². The highest BCUT2D eigenvalue weighted by Gasteiger charge is 2.56. The zero-order valence-electron chi connectivity index (χ0n) is 18.5. The molecule has 1 heterocycles. The SMILES string of the molecule is CC[C@H](C)c1ccccc1NC(=O)[C@H]1CCCN1C(=O)C12CC3CC(CC(C3)C1)C2. The molecule has 4 heteroatoms. The van der Waals surface area contributed by atoms with E-state index in [4.69, 9.17) is 0 Å². The van der Waals surface area contributed by atoms with Crippen LogP contribution in [0.2, 0.25) is 0 Å². The van der Waals surface area contributed by atoms with Crippen molar-refractivity contribution in [3.8, 4) is 0 Å². The molecule has 1 aliphatic heterocycles. The molecule has 2 amide bonds. The predicted molar refractivity (Wildman–Crippen MR) is 119 cm³/mol. The predicted octanol–water partition coefficient (Wildman–Crippen LogP) is 5.35. The molecule has 1 aromatic rings. The van der Waals surface area contributed by atoms with Gasteiger partial charge in [0.1, 0.15) is 6.04 Å². The van der Waals surface area contributed by atoms with Crippen LogP contribution in [0.4, 0.5) is 5.69 Å². The Morgan fingerprint density at radius 1 is 1.10 bits per heavy atom. The maximum Gasteiger partial charge on any atom is 0.247 e. The molecule has 5 fully saturated rings. The minimum absolute atomic E-state index is 0.00123. The lowest BCUT2D eigenvalue weighted by Gasteiger charge is -2.56. The Balaban J connectivity index is 1.33. The van der Waals surface area contributed by atoms with Crippen molar-refractivity contribution >= 4 is 17.5 Å². The van der Waals surface area contributed by atoms with Crippen LogP contribution in [0.1, 0.15) is 83.1 Å². The van der Waals surface area contributed by atoms with Crippen molar-refractivity contribution in [1.82, 2.24) is 4.90 Å². The summed E-state index contributed by atoms with van der Waals surface area (Å²) in [7, 11) is 0. The van der Waals surface area contributed by atoms with E-state index in [1.165, 1.54) is 24.8 Å². The largest absolute Gasteiger partial charge is 0.330 e. The first kappa shape index (κ1) is 20.1. The van der Waals surface area contributed by atoms with E-state index in [1.54, 1.807) is 0 Å². The molecule has 0 radical (unpaired) electrons. The number of carbonyl (C=O) groups is 2. The van der Waals surface area contributed by atoms with Crippen molar-refractivity contribution < 1.29 is 9.59 Å². The molecule has 30 heavy (non-hydrogen) atoms. The summed E-state index contributed by atoms with van der Waals surface area (Å²) in [5.41, 5.74) is 1.93. The Kier molecular flexibility index (Phi) is 5.15. The number of hydrogen-bond donors (Lipinski definition) is 1. The molecule has 4 bridgehead atoms. The van der Waals surface area contributed by atoms with Gasteiger partial charge in [-0.25, -0.2) is 0 Å². The number of para-hydroxylation sites is 1. The topological polar surface area (TPSA) is 49.4 Å². The second-order valence-electron chi connectivity index (χ2n) is 10.7. The summed E-state index contributed by atoms with van der Waals surface area (Å²) < 4.78 is 0. The standard InChI is InChI=1S/C26H36N2O2/c1-3-17(2)21-7-4-5-8-22(21)27-24(29)23-9-6-10-28(23)25(30)26-14-18-11-19(15-26)13-20(12-18)16-26/h4-5,7-8,17-20,23H,3,6,9-16H2,1-2H3,(H,27,29)/t17-,18?,19?,20?,23+,26?/m0/s1. The van der Waals surface area contributed by atoms with Crippen LogP contribution in [0.15, 0.2) is 24.3 Å². The molecule has 0 spiro atoms. The normalized spacial score (nSPS) is 35.5. The third kappa shape index (κ3) is 3.36. The van der Waals surface area contributed by atoms with Crippen molar-refractivity contribution in [3.05, 3.63) is 29.8 Å². The maximum absolute atomic E-state index is 13.8. The van der Waals surface area contributed by atoms with Crippen molar-refractivity contribution in [2.24, 2.45) is 23.2 Å². The quantitative estimate of drug-likeness (QED) is 0.714. The number of nitrogens with zero attached hydrogens (tertiary/aromatic N) is 1. The van der Waals surface area contributed by atoms with Crippen LogP contribution in [0, 0.1) is 23.2 Å². The van der Waals surface area contributed by atoms with Crippen LogP contribution in [-0.4, -0.2) is 29.3 Å². The first-order valence-electron chi connectivity index (χ1n) is 12.2. The molecule has 1 saturated heterocycles. The van der Waals surface area contributed by atoms with Crippen LogP contribution < -0.4 is 5.32 Å². The van der Waals surface area contributed by atoms with Crippen LogP contribution in [0.3, 0.4) is 0 Å². The van der Waals surface area contributed by atoms with Gasteiger partial charge < -0.3 is 10.2 Å². The van der Waals surface area contributed by atoms with Gasteiger partial charge in [0.15, 0.2) is 0 Å². The van der Waals surface area contributed by atoms with Gasteiger partial charge in [0.2, 0.25) is 11.8 Å². The highest BCUT2D eigenvalue weighted by atomic mass is 16.2. The van der Waals surface area contributed by atoms with Gasteiger partial charge in [0.05, 0.1) is 5.41 Å². The van der Waals surface area contributed by atoms with Gasteiger partial charge in [-0.15, -0.1) is 0 Å². The molecule has 162 valence electrons. The molecule has 6 rings (SSSR count). The lowest BCUT2D eigenvalue weighted by Crippen LogP contribution is -2.56. The maximum atomic E-state index is 13.8. The van der Waals surface area contributed by atoms with Gasteiger partial charge in [0, 0.05) is 12.2 Å². The van der Waals surface area contributed by atoms with Crippen LogP contribution in [0.5, 0.6) is 0 Å². The number of anilines is 1. The molecule has 0 unspecified atom stereocenters. The van der Waals surface area contributed by atoms with E-state index >= 15 is 0 Å². The van der Waals surface area contributed by atoms with E-state index in [2.05, 4.69) is 25.2 Å². The fraction of sp³-hybridized carbons (Fsp3) is 0.692. The van der Waals surface area contributed by atoms with E-state index < -0.39 is 0 Å². The summed E-state index contributed by atoms with van der Waals surface area (Å²) >= 11 is 0. The lowest BCUT2D eigenvalue weighted by molar-refractivity contribution is -0.160. The lowest BCUT2D eigenvalue weighted by atomic mass is 9.49. The van der Waals surface area contributed by atoms with Crippen molar-refractivity contribution in [1.29, 1.82) is 0 Å². The highest BCUT2D eigenvalue weighted by Crippen LogP contribution is 2.60. The van der Waals surface area contributed by atoms with E-state index in [0.29, 0.717) is 11.8 Å². The minimum atomic E-state index is -0.310. The Morgan fingerprint density at radius 2 is 1.73 bits per heavy atom. The monoisotopic (exact) mass is 408 g/mol. The van der Waals surface area contributed by atoms with E-state index in [9.17, 15) is 9.59 Å². The van der Waals surface area contributed by atoms with Crippen LogP contribution >= 0.6 is 0 Å². The first-order chi connectivity index (χ1) is 14.5. The summed E-state index contributed by atoms with van der Waals surface area (Å²) in [4.78, 5) is 29.1. The molecule has 0 aromatic heterocycles. The summed E-state index contributed by atoms with van der Waals surface area (Å²) in [5.74, 6) is 2.94. The van der Waals surface area contributed by atoms with Crippen LogP contribution in [-0.2, 0) is 9.59 Å². The number of benzene rings is 1. The van der Waals surface area contributed by atoms with Gasteiger partial charge in [-0.2, -0.15) is 0 Å². The zero-order valence-corrected chi connectivity index (χ0v) is 18.5. The van der Waals surface area contributed by atoms with E-state index in [1.807, 2.05) is 23.1 Å². The van der Waals surface area contributed by atoms with Gasteiger partial charge in [0.25, 0.3) is 0 Å². The second-order valence-corrected chi connectivity index (χ2v) is 10.7. The summed E-state index contributed by atoms with van der Waals surface area (Å²) in [5, 5.41) is 3.19. The third-order valence-corrected chi connectivity index (χ3v) is 8.67. The minimum Gasteiger partial charge on any atom is -0.330 e. The van der Waals surface area contributed by atoms with Crippen molar-refractivity contribution in [2.75, 3.05) is 11.9 Å². The summed E-state index contributed by atoms with van der Waals surface area (Å²) in [6.45, 7) is 5.11. The molecule has 5 aliphatic rings. The first-order valence-corrected chi connectivity index (χ1v) is 12.2. The van der Waals surface area contributed by atoms with Crippen LogP contribution in [0.25, 0.3) is 0 Å². The van der Waals surface area contributed by atoms with Crippen molar-refractivity contribution in [3.63, 3.8) is 0 Å². The average molecular weight is 409 g/mol. The Hall–Kier alpha value is -1.84. The van der Waals surface area contributed by atoms with Gasteiger partial charge in [-0.05, 0) is 93.1 Å². The second kappa shape index (κ2) is 7.69. The molecule has 2 atom stereocenters. The summed E-state index contributed by atoms with van der Waals surface area (Å²) in [6.07, 6.45) is 9.97. The van der Waals surface area contributed by atoms with E-state index in [-0.39, 0.29) is 17.4 Å². The smallest absolute Gasteiger partial charge is 0.247 e. The molecule has 4 saturated carbocycles. The molecule has 4 aliphatic carbocycles. The van der Waals surface area contributed by atoms with Crippen molar-refractivity contribution in [2.45, 2.75) is 83.6 Å². The molecule has 1 aromatic carbocycles. The number of carbonyl (C=O) groups excluding carboxylic acids is 2. The Morgan fingerprint density at radius 3 is 2.37 bits per heavy atom. The number of rotatable bonds is 5. The number of hydrogen-bond acceptors (Lipinski definition) is 2. The van der Waals surface area contributed by atoms with Gasteiger partial charge >= 0.3 is 0 Å². The number of nitrogens with one attached hydrogen (secondary N) is 1.